The lowest BCUT2D eigenvalue weighted by Gasteiger charge is -2.09. The molecule has 166 valence electrons. The van der Waals surface area contributed by atoms with Crippen molar-refractivity contribution >= 4 is 16.9 Å². The van der Waals surface area contributed by atoms with Crippen molar-refractivity contribution in [2.75, 3.05) is 13.7 Å². The van der Waals surface area contributed by atoms with Crippen LogP contribution in [0.1, 0.15) is 56.8 Å². The van der Waals surface area contributed by atoms with Crippen LogP contribution in [0.25, 0.3) is 11.0 Å². The van der Waals surface area contributed by atoms with Crippen LogP contribution in [0, 0.1) is 0 Å². The first kappa shape index (κ1) is 22.9. The number of hydrogen-bond donors (Lipinski definition) is 1. The molecule has 0 aliphatic heterocycles. The Balaban J connectivity index is 1.39. The summed E-state index contributed by atoms with van der Waals surface area (Å²) < 4.78 is 7.56. The number of ether oxygens (including phenoxy) is 1. The van der Waals surface area contributed by atoms with Crippen molar-refractivity contribution < 1.29 is 9.53 Å². The molecule has 0 spiro atoms. The third kappa shape index (κ3) is 6.84. The van der Waals surface area contributed by atoms with Gasteiger partial charge in [0.25, 0.3) is 0 Å². The minimum absolute atomic E-state index is 0.0721. The van der Waals surface area contributed by atoms with Crippen LogP contribution in [0.15, 0.2) is 48.5 Å². The molecule has 0 fully saturated rings. The Morgan fingerprint density at radius 3 is 2.58 bits per heavy atom. The Morgan fingerprint density at radius 1 is 1.00 bits per heavy atom. The molecule has 5 heteroatoms. The molecule has 0 unspecified atom stereocenters. The van der Waals surface area contributed by atoms with Crippen molar-refractivity contribution in [1.29, 1.82) is 0 Å². The molecule has 0 radical (unpaired) electrons. The predicted molar refractivity (Wildman–Crippen MR) is 127 cm³/mol. The number of aryl methyl sites for hydroxylation is 2. The summed E-state index contributed by atoms with van der Waals surface area (Å²) in [5.41, 5.74) is 3.35. The first-order valence-electron chi connectivity index (χ1n) is 11.5. The van der Waals surface area contributed by atoms with Crippen molar-refractivity contribution in [2.45, 2.75) is 64.8 Å². The largest absolute Gasteiger partial charge is 0.497 e. The Kier molecular flexibility index (Phi) is 8.95. The van der Waals surface area contributed by atoms with Crippen LogP contribution < -0.4 is 10.1 Å². The molecular weight excluding hydrogens is 386 g/mol. The van der Waals surface area contributed by atoms with Crippen LogP contribution in [0.2, 0.25) is 0 Å². The number of aromatic nitrogens is 2. The SMILES string of the molecule is CCCCCn1c(CCCCCNC(=O)Cc2ccc(OC)cc2)nc2ccccc21. The lowest BCUT2D eigenvalue weighted by molar-refractivity contribution is -0.120. The van der Waals surface area contributed by atoms with Crippen LogP contribution >= 0.6 is 0 Å². The summed E-state index contributed by atoms with van der Waals surface area (Å²) >= 11 is 0. The summed E-state index contributed by atoms with van der Waals surface area (Å²) in [5, 5.41) is 3.03. The second-order valence-corrected chi connectivity index (χ2v) is 8.06. The van der Waals surface area contributed by atoms with Crippen LogP contribution in [0.5, 0.6) is 5.75 Å². The van der Waals surface area contributed by atoms with Gasteiger partial charge in [-0.05, 0) is 49.1 Å². The summed E-state index contributed by atoms with van der Waals surface area (Å²) in [4.78, 5) is 17.0. The molecule has 1 aromatic heterocycles. The van der Waals surface area contributed by atoms with Gasteiger partial charge in [-0.1, -0.05) is 50.5 Å². The third-order valence-corrected chi connectivity index (χ3v) is 5.64. The van der Waals surface area contributed by atoms with E-state index in [1.165, 1.54) is 30.6 Å². The van der Waals surface area contributed by atoms with Crippen molar-refractivity contribution in [3.05, 3.63) is 59.9 Å². The first-order chi connectivity index (χ1) is 15.2. The van der Waals surface area contributed by atoms with E-state index >= 15 is 0 Å². The Morgan fingerprint density at radius 2 is 1.81 bits per heavy atom. The number of imidazole rings is 1. The zero-order valence-electron chi connectivity index (χ0n) is 18.9. The Bertz CT molecular complexity index is 947. The summed E-state index contributed by atoms with van der Waals surface area (Å²) in [6.07, 6.45) is 8.24. The zero-order valence-corrected chi connectivity index (χ0v) is 18.9. The molecule has 3 aromatic rings. The molecule has 5 nitrogen and oxygen atoms in total. The number of methoxy groups -OCH3 is 1. The van der Waals surface area contributed by atoms with Gasteiger partial charge < -0.3 is 14.6 Å². The van der Waals surface area contributed by atoms with E-state index in [2.05, 4.69) is 41.1 Å². The molecule has 0 saturated carbocycles. The average Bonchev–Trinajstić information content (AvgIpc) is 3.14. The van der Waals surface area contributed by atoms with E-state index in [4.69, 9.17) is 9.72 Å². The third-order valence-electron chi connectivity index (χ3n) is 5.64. The minimum atomic E-state index is 0.0721. The highest BCUT2D eigenvalue weighted by Gasteiger charge is 2.10. The molecule has 2 aromatic carbocycles. The van der Waals surface area contributed by atoms with Gasteiger partial charge in [0.05, 0.1) is 24.6 Å². The summed E-state index contributed by atoms with van der Waals surface area (Å²) in [7, 11) is 1.64. The van der Waals surface area contributed by atoms with Crippen molar-refractivity contribution in [1.82, 2.24) is 14.9 Å². The van der Waals surface area contributed by atoms with Crippen LogP contribution in [0.4, 0.5) is 0 Å². The number of nitrogens with zero attached hydrogens (tertiary/aromatic N) is 2. The summed E-state index contributed by atoms with van der Waals surface area (Å²) in [6, 6.07) is 16.1. The molecule has 0 saturated heterocycles. The fourth-order valence-corrected chi connectivity index (χ4v) is 3.89. The average molecular weight is 422 g/mol. The molecule has 0 aliphatic carbocycles. The molecule has 0 atom stereocenters. The van der Waals surface area contributed by atoms with Crippen LogP contribution in [0.3, 0.4) is 0 Å². The lowest BCUT2D eigenvalue weighted by atomic mass is 10.1. The van der Waals surface area contributed by atoms with Gasteiger partial charge in [-0.25, -0.2) is 4.98 Å². The van der Waals surface area contributed by atoms with E-state index in [1.807, 2.05) is 24.3 Å². The highest BCUT2D eigenvalue weighted by atomic mass is 16.5. The maximum Gasteiger partial charge on any atom is 0.224 e. The highest BCUT2D eigenvalue weighted by molar-refractivity contribution is 5.78. The number of para-hydroxylation sites is 2. The fraction of sp³-hybridized carbons (Fsp3) is 0.462. The summed E-state index contributed by atoms with van der Waals surface area (Å²) in [6.45, 7) is 4.01. The van der Waals surface area contributed by atoms with E-state index in [1.54, 1.807) is 7.11 Å². The Labute approximate surface area is 185 Å². The standard InChI is InChI=1S/C26H35N3O2/c1-3-4-10-19-29-24-12-8-7-11-23(24)28-25(29)13-6-5-9-18-27-26(30)20-21-14-16-22(31-2)17-15-21/h7-8,11-12,14-17H,3-6,9-10,13,18-20H2,1-2H3,(H,27,30). The molecule has 31 heavy (non-hydrogen) atoms. The van der Waals surface area contributed by atoms with Gasteiger partial charge in [0.15, 0.2) is 0 Å². The maximum absolute atomic E-state index is 12.1. The van der Waals surface area contributed by atoms with E-state index in [9.17, 15) is 4.79 Å². The monoisotopic (exact) mass is 421 g/mol. The normalized spacial score (nSPS) is 11.0. The molecule has 1 amide bonds. The predicted octanol–water partition coefficient (Wildman–Crippen LogP) is 5.31. The van der Waals surface area contributed by atoms with Crippen molar-refractivity contribution in [2.24, 2.45) is 0 Å². The minimum Gasteiger partial charge on any atom is -0.497 e. The summed E-state index contributed by atoms with van der Waals surface area (Å²) in [5.74, 6) is 2.08. The van der Waals surface area contributed by atoms with Gasteiger partial charge >= 0.3 is 0 Å². The van der Waals surface area contributed by atoms with E-state index in [0.29, 0.717) is 6.42 Å². The number of rotatable bonds is 13. The van der Waals surface area contributed by atoms with Gasteiger partial charge in [0.2, 0.25) is 5.91 Å². The number of unbranched alkanes of at least 4 members (excludes halogenated alkanes) is 4. The van der Waals surface area contributed by atoms with Crippen molar-refractivity contribution in [3.63, 3.8) is 0 Å². The number of amides is 1. The van der Waals surface area contributed by atoms with Crippen LogP contribution in [-0.4, -0.2) is 29.1 Å². The second kappa shape index (κ2) is 12.1. The molecule has 3 rings (SSSR count). The first-order valence-corrected chi connectivity index (χ1v) is 11.5. The number of nitrogens with one attached hydrogen (secondary N) is 1. The second-order valence-electron chi connectivity index (χ2n) is 8.06. The molecule has 1 N–H and O–H groups in total. The quantitative estimate of drug-likeness (QED) is 0.381. The fourth-order valence-electron chi connectivity index (χ4n) is 3.89. The highest BCUT2D eigenvalue weighted by Crippen LogP contribution is 2.19. The molecule has 0 aliphatic rings. The smallest absolute Gasteiger partial charge is 0.224 e. The number of fused-ring (bicyclic) bond motifs is 1. The lowest BCUT2D eigenvalue weighted by Crippen LogP contribution is -2.26. The molecule has 0 bridgehead atoms. The zero-order chi connectivity index (χ0) is 21.9. The van der Waals surface area contributed by atoms with Gasteiger partial charge in [-0.2, -0.15) is 0 Å². The Hall–Kier alpha value is -2.82. The van der Waals surface area contributed by atoms with Gasteiger partial charge in [0.1, 0.15) is 11.6 Å². The van der Waals surface area contributed by atoms with Crippen LogP contribution in [-0.2, 0) is 24.2 Å². The van der Waals surface area contributed by atoms with E-state index in [0.717, 1.165) is 55.6 Å². The topological polar surface area (TPSA) is 56.2 Å². The molecule has 1 heterocycles. The van der Waals surface area contributed by atoms with Gasteiger partial charge in [-0.15, -0.1) is 0 Å². The van der Waals surface area contributed by atoms with Gasteiger partial charge in [-0.3, -0.25) is 4.79 Å². The van der Waals surface area contributed by atoms with E-state index in [-0.39, 0.29) is 5.91 Å². The van der Waals surface area contributed by atoms with Gasteiger partial charge in [0, 0.05) is 19.5 Å². The maximum atomic E-state index is 12.1. The van der Waals surface area contributed by atoms with E-state index < -0.39 is 0 Å². The number of carbonyl (C=O) groups excluding carboxylic acids is 1. The number of benzene rings is 2. The van der Waals surface area contributed by atoms with Crippen molar-refractivity contribution in [3.8, 4) is 5.75 Å². The molecular formula is C26H35N3O2. The number of hydrogen-bond acceptors (Lipinski definition) is 3. The number of carbonyl (C=O) groups is 1.